The Morgan fingerprint density at radius 3 is 2.50 bits per heavy atom. The van der Waals surface area contributed by atoms with E-state index in [9.17, 15) is 9.90 Å². The monoisotopic (exact) mass is 295 g/mol. The number of aryl methyl sites for hydroxylation is 1. The largest absolute Gasteiger partial charge is 0.396 e. The van der Waals surface area contributed by atoms with E-state index in [-0.39, 0.29) is 17.9 Å². The number of benzene rings is 1. The molecule has 1 aromatic carbocycles. The molecule has 0 unspecified atom stereocenters. The Bertz CT molecular complexity index is 448. The molecule has 112 valence electrons. The second-order valence-electron chi connectivity index (χ2n) is 5.23. The fourth-order valence-electron chi connectivity index (χ4n) is 2.12. The third kappa shape index (κ3) is 4.00. The van der Waals surface area contributed by atoms with Gasteiger partial charge >= 0.3 is 0 Å². The molecule has 0 spiro atoms. The van der Waals surface area contributed by atoms with Gasteiger partial charge in [-0.15, -0.1) is 11.8 Å². The first-order valence-corrected chi connectivity index (χ1v) is 8.28. The summed E-state index contributed by atoms with van der Waals surface area (Å²) >= 11 is 1.63. The molecule has 0 bridgehead atoms. The summed E-state index contributed by atoms with van der Waals surface area (Å²) in [6.07, 6.45) is 3.70. The lowest BCUT2D eigenvalue weighted by Gasteiger charge is -2.29. The van der Waals surface area contributed by atoms with E-state index < -0.39 is 0 Å². The summed E-state index contributed by atoms with van der Waals surface area (Å²) in [6.45, 7) is 6.65. The quantitative estimate of drug-likeness (QED) is 0.759. The van der Waals surface area contributed by atoms with E-state index in [0.29, 0.717) is 6.54 Å². The van der Waals surface area contributed by atoms with Crippen molar-refractivity contribution in [3.8, 4) is 0 Å². The molecule has 1 rings (SSSR count). The standard InChI is InChI=1S/C16H25NO2S/c1-5-16(6-2,11-18)10-17-15(19)14-9-13(20-4)8-7-12(14)3/h7-9,18H,5-6,10-11H2,1-4H3,(H,17,19). The number of aliphatic hydroxyl groups excluding tert-OH is 1. The SMILES string of the molecule is CCC(CC)(CO)CNC(=O)c1cc(SC)ccc1C. The minimum absolute atomic E-state index is 0.0573. The fourth-order valence-corrected chi connectivity index (χ4v) is 2.56. The van der Waals surface area contributed by atoms with Crippen molar-refractivity contribution < 1.29 is 9.90 Å². The Kier molecular flexibility index (Phi) is 6.56. The van der Waals surface area contributed by atoms with Crippen LogP contribution in [-0.2, 0) is 0 Å². The highest BCUT2D eigenvalue weighted by Gasteiger charge is 2.26. The second-order valence-corrected chi connectivity index (χ2v) is 6.11. The molecule has 0 aliphatic rings. The van der Waals surface area contributed by atoms with Crippen molar-refractivity contribution >= 4 is 17.7 Å². The molecule has 3 nitrogen and oxygen atoms in total. The molecule has 1 amide bonds. The summed E-state index contributed by atoms with van der Waals surface area (Å²) < 4.78 is 0. The highest BCUT2D eigenvalue weighted by molar-refractivity contribution is 7.98. The summed E-state index contributed by atoms with van der Waals surface area (Å²) in [5.41, 5.74) is 1.49. The van der Waals surface area contributed by atoms with Gasteiger partial charge in [0.05, 0.1) is 6.61 Å². The van der Waals surface area contributed by atoms with Crippen LogP contribution < -0.4 is 5.32 Å². The molecule has 4 heteroatoms. The topological polar surface area (TPSA) is 49.3 Å². The van der Waals surface area contributed by atoms with Crippen molar-refractivity contribution in [3.63, 3.8) is 0 Å². The predicted octanol–water partition coefficient (Wildman–Crippen LogP) is 3.25. The number of thioether (sulfide) groups is 1. The molecule has 0 fully saturated rings. The molecule has 0 saturated heterocycles. The first-order chi connectivity index (χ1) is 9.51. The van der Waals surface area contributed by atoms with Gasteiger partial charge in [0.1, 0.15) is 0 Å². The zero-order chi connectivity index (χ0) is 15.2. The molecular formula is C16H25NO2S. The van der Waals surface area contributed by atoms with Crippen LogP contribution in [0.4, 0.5) is 0 Å². The Labute approximate surface area is 126 Å². The van der Waals surface area contributed by atoms with E-state index in [2.05, 4.69) is 5.32 Å². The lowest BCUT2D eigenvalue weighted by molar-refractivity contribution is 0.0850. The molecule has 0 saturated carbocycles. The Hall–Kier alpha value is -1.00. The number of hydrogen-bond donors (Lipinski definition) is 2. The van der Waals surface area contributed by atoms with E-state index in [1.54, 1.807) is 11.8 Å². The Morgan fingerprint density at radius 2 is 2.00 bits per heavy atom. The van der Waals surface area contributed by atoms with Crippen molar-refractivity contribution in [2.24, 2.45) is 5.41 Å². The number of aliphatic hydroxyl groups is 1. The van der Waals surface area contributed by atoms with Crippen molar-refractivity contribution in [1.29, 1.82) is 0 Å². The van der Waals surface area contributed by atoms with Gasteiger partial charge in [-0.25, -0.2) is 0 Å². The average molecular weight is 295 g/mol. The predicted molar refractivity (Wildman–Crippen MR) is 85.4 cm³/mol. The molecule has 0 aromatic heterocycles. The summed E-state index contributed by atoms with van der Waals surface area (Å²) in [6, 6.07) is 5.92. The third-order valence-electron chi connectivity index (χ3n) is 4.15. The maximum atomic E-state index is 12.3. The van der Waals surface area contributed by atoms with Crippen molar-refractivity contribution in [1.82, 2.24) is 5.32 Å². The molecule has 2 N–H and O–H groups in total. The van der Waals surface area contributed by atoms with Crippen LogP contribution in [0.3, 0.4) is 0 Å². The summed E-state index contributed by atoms with van der Waals surface area (Å²) in [5, 5.41) is 12.5. The van der Waals surface area contributed by atoms with Crippen LogP contribution in [0.5, 0.6) is 0 Å². The molecule has 1 aromatic rings. The van der Waals surface area contributed by atoms with Crippen LogP contribution >= 0.6 is 11.8 Å². The molecule has 0 aliphatic carbocycles. The zero-order valence-corrected chi connectivity index (χ0v) is 13.6. The van der Waals surface area contributed by atoms with Gasteiger partial charge in [0.15, 0.2) is 0 Å². The van der Waals surface area contributed by atoms with Gasteiger partial charge in [0.2, 0.25) is 0 Å². The van der Waals surface area contributed by atoms with E-state index >= 15 is 0 Å². The number of rotatable bonds is 7. The molecule has 0 radical (unpaired) electrons. The minimum Gasteiger partial charge on any atom is -0.396 e. The number of amides is 1. The van der Waals surface area contributed by atoms with Crippen LogP contribution in [0.15, 0.2) is 23.1 Å². The summed E-state index contributed by atoms with van der Waals surface area (Å²) in [7, 11) is 0. The molecule has 0 heterocycles. The Balaban J connectivity index is 2.81. The third-order valence-corrected chi connectivity index (χ3v) is 4.87. The lowest BCUT2D eigenvalue weighted by atomic mass is 9.83. The van der Waals surface area contributed by atoms with Gasteiger partial charge in [-0.05, 0) is 43.7 Å². The molecular weight excluding hydrogens is 270 g/mol. The smallest absolute Gasteiger partial charge is 0.251 e. The highest BCUT2D eigenvalue weighted by Crippen LogP contribution is 2.25. The zero-order valence-electron chi connectivity index (χ0n) is 12.8. The van der Waals surface area contributed by atoms with Crippen LogP contribution in [0.1, 0.15) is 42.6 Å². The Morgan fingerprint density at radius 1 is 1.35 bits per heavy atom. The summed E-state index contributed by atoms with van der Waals surface area (Å²) in [4.78, 5) is 13.4. The van der Waals surface area contributed by atoms with Crippen molar-refractivity contribution in [2.75, 3.05) is 19.4 Å². The van der Waals surface area contributed by atoms with E-state index in [0.717, 1.165) is 28.9 Å². The summed E-state index contributed by atoms with van der Waals surface area (Å²) in [5.74, 6) is -0.0573. The number of carbonyl (C=O) groups excluding carboxylic acids is 1. The van der Waals surface area contributed by atoms with E-state index in [1.807, 2.05) is 45.2 Å². The highest BCUT2D eigenvalue weighted by atomic mass is 32.2. The maximum absolute atomic E-state index is 12.3. The molecule has 20 heavy (non-hydrogen) atoms. The van der Waals surface area contributed by atoms with Gasteiger partial charge in [-0.1, -0.05) is 19.9 Å². The number of nitrogens with one attached hydrogen (secondary N) is 1. The second kappa shape index (κ2) is 7.70. The van der Waals surface area contributed by atoms with Gasteiger partial charge in [0, 0.05) is 22.4 Å². The van der Waals surface area contributed by atoms with Gasteiger partial charge in [-0.3, -0.25) is 4.79 Å². The molecule has 0 aliphatic heterocycles. The van der Waals surface area contributed by atoms with Gasteiger partial charge in [0.25, 0.3) is 5.91 Å². The van der Waals surface area contributed by atoms with E-state index in [1.165, 1.54) is 0 Å². The maximum Gasteiger partial charge on any atom is 0.251 e. The number of hydrogen-bond acceptors (Lipinski definition) is 3. The van der Waals surface area contributed by atoms with Crippen LogP contribution in [0.25, 0.3) is 0 Å². The van der Waals surface area contributed by atoms with Crippen LogP contribution in [-0.4, -0.2) is 30.4 Å². The van der Waals surface area contributed by atoms with Crippen molar-refractivity contribution in [2.45, 2.75) is 38.5 Å². The number of carbonyl (C=O) groups is 1. The van der Waals surface area contributed by atoms with Crippen LogP contribution in [0.2, 0.25) is 0 Å². The van der Waals surface area contributed by atoms with Gasteiger partial charge in [-0.2, -0.15) is 0 Å². The fraction of sp³-hybridized carbons (Fsp3) is 0.562. The normalized spacial score (nSPS) is 11.4. The minimum atomic E-state index is -0.208. The average Bonchev–Trinajstić information content (AvgIpc) is 2.49. The van der Waals surface area contributed by atoms with Crippen molar-refractivity contribution in [3.05, 3.63) is 29.3 Å². The first-order valence-electron chi connectivity index (χ1n) is 7.05. The lowest BCUT2D eigenvalue weighted by Crippen LogP contribution is -2.39. The van der Waals surface area contributed by atoms with Crippen LogP contribution in [0, 0.1) is 12.3 Å². The van der Waals surface area contributed by atoms with E-state index in [4.69, 9.17) is 0 Å². The molecule has 0 atom stereocenters. The first kappa shape index (κ1) is 17.1. The van der Waals surface area contributed by atoms with Gasteiger partial charge < -0.3 is 10.4 Å².